The number of rotatable bonds is 9. The predicted octanol–water partition coefficient (Wildman–Crippen LogP) is 3.72. The van der Waals surface area contributed by atoms with Crippen molar-refractivity contribution in [3.05, 3.63) is 76.6 Å². The zero-order valence-electron chi connectivity index (χ0n) is 17.7. The van der Waals surface area contributed by atoms with Crippen LogP contribution < -0.4 is 10.3 Å². The van der Waals surface area contributed by atoms with E-state index < -0.39 is 17.8 Å². The van der Waals surface area contributed by atoms with Gasteiger partial charge in [0.05, 0.1) is 29.6 Å². The van der Waals surface area contributed by atoms with Crippen molar-refractivity contribution in [3.8, 4) is 0 Å². The maximum atomic E-state index is 13.6. The topological polar surface area (TPSA) is 82.0 Å². The summed E-state index contributed by atoms with van der Waals surface area (Å²) in [5.74, 6) is -0.784. The van der Waals surface area contributed by atoms with E-state index in [2.05, 4.69) is 10.4 Å². The van der Waals surface area contributed by atoms with Gasteiger partial charge in [-0.3, -0.25) is 14.6 Å². The first-order chi connectivity index (χ1) is 15.4. The van der Waals surface area contributed by atoms with Gasteiger partial charge in [0, 0.05) is 17.6 Å². The Morgan fingerprint density at radius 3 is 2.59 bits per heavy atom. The summed E-state index contributed by atoms with van der Waals surface area (Å²) in [6.07, 6.45) is 4.76. The lowest BCUT2D eigenvalue weighted by atomic mass is 9.80. The van der Waals surface area contributed by atoms with Crippen molar-refractivity contribution in [1.29, 1.82) is 0 Å². The number of nitrogens with zero attached hydrogens (tertiary/aromatic N) is 2. The molecule has 32 heavy (non-hydrogen) atoms. The summed E-state index contributed by atoms with van der Waals surface area (Å²) in [7, 11) is 1.64. The summed E-state index contributed by atoms with van der Waals surface area (Å²) in [6, 6.07) is 12.3. The van der Waals surface area contributed by atoms with Crippen LogP contribution in [0.2, 0.25) is 5.02 Å². The van der Waals surface area contributed by atoms with E-state index in [1.54, 1.807) is 43.4 Å². The van der Waals surface area contributed by atoms with Gasteiger partial charge in [-0.1, -0.05) is 36.2 Å². The lowest BCUT2D eigenvalue weighted by Crippen LogP contribution is -2.46. The lowest BCUT2D eigenvalue weighted by Gasteiger charge is -2.33. The van der Waals surface area contributed by atoms with Gasteiger partial charge in [0.2, 0.25) is 0 Å². The quantitative estimate of drug-likeness (QED) is 0.150. The van der Waals surface area contributed by atoms with E-state index in [0.29, 0.717) is 28.3 Å². The van der Waals surface area contributed by atoms with Crippen LogP contribution in [0.5, 0.6) is 0 Å². The first-order valence-corrected chi connectivity index (χ1v) is 10.7. The molecule has 0 aromatic heterocycles. The van der Waals surface area contributed by atoms with Crippen molar-refractivity contribution < 1.29 is 19.1 Å². The summed E-state index contributed by atoms with van der Waals surface area (Å²) in [5.41, 5.74) is 1.29. The summed E-state index contributed by atoms with van der Waals surface area (Å²) in [6.45, 7) is -0.191. The van der Waals surface area contributed by atoms with Gasteiger partial charge in [-0.15, -0.1) is 0 Å². The van der Waals surface area contributed by atoms with Crippen LogP contribution in [-0.4, -0.2) is 42.7 Å². The van der Waals surface area contributed by atoms with E-state index in [0.717, 1.165) is 19.3 Å². The Kier molecular flexibility index (Phi) is 8.14. The molecule has 1 aliphatic rings. The second kappa shape index (κ2) is 11.0. The van der Waals surface area contributed by atoms with Crippen LogP contribution in [0.3, 0.4) is 0 Å². The first-order valence-electron chi connectivity index (χ1n) is 10.3. The Labute approximate surface area is 191 Å². The molecule has 1 atom stereocenters. The third-order valence-electron chi connectivity index (χ3n) is 5.49. The number of carbonyl (C=O) groups is 2. The van der Waals surface area contributed by atoms with Gasteiger partial charge in [0.25, 0.3) is 5.91 Å². The Bertz CT molecular complexity index is 1020. The standard InChI is InChI=1S/C24H25ClFN3O3/c1-29(21-7-3-6-20(26)13-21)28-22(17-8-10-19(25)11-9-17)12-18(14-30)24(32)27-23(15-31)16-4-2-5-16/h3,6-14,16,23,31H,2,4-5,15H2,1H3,(H,27,32)/b18-12+,28-22+. The fourth-order valence-electron chi connectivity index (χ4n) is 3.39. The zero-order chi connectivity index (χ0) is 23.1. The van der Waals surface area contributed by atoms with Crippen molar-refractivity contribution in [3.63, 3.8) is 0 Å². The molecule has 0 radical (unpaired) electrons. The van der Waals surface area contributed by atoms with E-state index in [4.69, 9.17) is 11.6 Å². The van der Waals surface area contributed by atoms with E-state index in [1.807, 2.05) is 0 Å². The maximum absolute atomic E-state index is 13.6. The molecule has 1 aliphatic carbocycles. The number of hydrazone groups is 1. The fraction of sp³-hybridized carbons (Fsp3) is 0.292. The fourth-order valence-corrected chi connectivity index (χ4v) is 3.52. The predicted molar refractivity (Wildman–Crippen MR) is 123 cm³/mol. The lowest BCUT2D eigenvalue weighted by molar-refractivity contribution is -0.120. The molecule has 2 N–H and O–H groups in total. The number of carbonyl (C=O) groups excluding carboxylic acids is 2. The number of aliphatic hydroxyl groups is 1. The largest absolute Gasteiger partial charge is 0.394 e. The highest BCUT2D eigenvalue weighted by Gasteiger charge is 2.28. The van der Waals surface area contributed by atoms with Crippen LogP contribution in [0.1, 0.15) is 24.8 Å². The molecule has 0 heterocycles. The molecule has 168 valence electrons. The van der Waals surface area contributed by atoms with Crippen LogP contribution in [0.4, 0.5) is 10.1 Å². The molecule has 0 aliphatic heterocycles. The van der Waals surface area contributed by atoms with Crippen molar-refractivity contribution in [2.45, 2.75) is 25.3 Å². The number of anilines is 1. The normalized spacial score (nSPS) is 15.6. The Morgan fingerprint density at radius 2 is 2.03 bits per heavy atom. The molecule has 1 unspecified atom stereocenters. The molecule has 6 nitrogen and oxygen atoms in total. The molecule has 0 spiro atoms. The third kappa shape index (κ3) is 6.02. The summed E-state index contributed by atoms with van der Waals surface area (Å²) >= 11 is 5.99. The highest BCUT2D eigenvalue weighted by molar-refractivity contribution is 6.30. The van der Waals surface area contributed by atoms with Crippen molar-refractivity contribution in [2.24, 2.45) is 11.0 Å². The van der Waals surface area contributed by atoms with Crippen LogP contribution in [0.25, 0.3) is 0 Å². The molecule has 2 aromatic carbocycles. The molecule has 1 fully saturated rings. The van der Waals surface area contributed by atoms with Crippen LogP contribution in [-0.2, 0) is 9.59 Å². The Morgan fingerprint density at radius 1 is 1.31 bits per heavy atom. The number of halogens is 2. The molecular weight excluding hydrogens is 433 g/mol. The zero-order valence-corrected chi connectivity index (χ0v) is 18.4. The smallest absolute Gasteiger partial charge is 0.254 e. The number of benzene rings is 2. The summed E-state index contributed by atoms with van der Waals surface area (Å²) in [4.78, 5) is 24.5. The first kappa shape index (κ1) is 23.6. The monoisotopic (exact) mass is 457 g/mol. The van der Waals surface area contributed by atoms with Crippen molar-refractivity contribution in [1.82, 2.24) is 5.32 Å². The minimum atomic E-state index is -0.582. The van der Waals surface area contributed by atoms with Gasteiger partial charge < -0.3 is 10.4 Å². The molecule has 3 rings (SSSR count). The number of hydrogen-bond acceptors (Lipinski definition) is 5. The van der Waals surface area contributed by atoms with Crippen LogP contribution in [0.15, 0.2) is 65.3 Å². The second-order valence-corrected chi connectivity index (χ2v) is 8.10. The molecule has 0 bridgehead atoms. The third-order valence-corrected chi connectivity index (χ3v) is 5.74. The minimum Gasteiger partial charge on any atom is -0.394 e. The highest BCUT2D eigenvalue weighted by Crippen LogP contribution is 2.29. The van der Waals surface area contributed by atoms with Gasteiger partial charge in [-0.2, -0.15) is 5.10 Å². The summed E-state index contributed by atoms with van der Waals surface area (Å²) < 4.78 is 13.6. The maximum Gasteiger partial charge on any atom is 0.254 e. The van der Waals surface area contributed by atoms with Crippen molar-refractivity contribution in [2.75, 3.05) is 18.7 Å². The molecule has 0 saturated heterocycles. The molecule has 8 heteroatoms. The number of nitrogens with one attached hydrogen (secondary N) is 1. The van der Waals surface area contributed by atoms with E-state index >= 15 is 0 Å². The molecule has 1 saturated carbocycles. The van der Waals surface area contributed by atoms with Gasteiger partial charge in [-0.05, 0) is 55.2 Å². The molecule has 1 amide bonds. The number of hydrogen-bond donors (Lipinski definition) is 2. The number of aliphatic hydroxyl groups excluding tert-OH is 1. The van der Waals surface area contributed by atoms with Gasteiger partial charge in [0.1, 0.15) is 5.82 Å². The average Bonchev–Trinajstić information content (AvgIpc) is 2.75. The average molecular weight is 458 g/mol. The van der Waals surface area contributed by atoms with Gasteiger partial charge >= 0.3 is 0 Å². The summed E-state index contributed by atoms with van der Waals surface area (Å²) in [5, 5.41) is 18.8. The Balaban J connectivity index is 1.93. The van der Waals surface area contributed by atoms with E-state index in [9.17, 15) is 19.1 Å². The number of amides is 1. The molecular formula is C24H25ClFN3O3. The van der Waals surface area contributed by atoms with E-state index in [1.165, 1.54) is 23.2 Å². The van der Waals surface area contributed by atoms with Crippen LogP contribution >= 0.6 is 11.6 Å². The highest BCUT2D eigenvalue weighted by atomic mass is 35.5. The second-order valence-electron chi connectivity index (χ2n) is 7.67. The Hall–Kier alpha value is -3.03. The minimum absolute atomic E-state index is 0.135. The number of allylic oxidation sites excluding steroid dienone is 1. The van der Waals surface area contributed by atoms with Gasteiger partial charge in [-0.25, -0.2) is 4.39 Å². The van der Waals surface area contributed by atoms with Crippen molar-refractivity contribution >= 4 is 35.2 Å². The number of aldehydes is 1. The van der Waals surface area contributed by atoms with Crippen LogP contribution in [0, 0.1) is 11.7 Å². The van der Waals surface area contributed by atoms with E-state index in [-0.39, 0.29) is 18.1 Å². The SMILES string of the molecule is CN(/N=C(\C=C(/C=O)C(=O)NC(CO)C1CCC1)c1ccc(Cl)cc1)c1cccc(F)c1. The van der Waals surface area contributed by atoms with Gasteiger partial charge in [0.15, 0.2) is 6.29 Å². The molecule has 2 aromatic rings.